The van der Waals surface area contributed by atoms with Gasteiger partial charge in [-0.1, -0.05) is 6.07 Å². The summed E-state index contributed by atoms with van der Waals surface area (Å²) in [5.41, 5.74) is -1.06. The zero-order valence-electron chi connectivity index (χ0n) is 22.2. The molecule has 3 aliphatic rings. The lowest BCUT2D eigenvalue weighted by Gasteiger charge is -2.42. The summed E-state index contributed by atoms with van der Waals surface area (Å²) in [7, 11) is 0. The number of amides is 2. The average molecular weight is 544 g/mol. The first-order valence-corrected chi connectivity index (χ1v) is 12.9. The Morgan fingerprint density at radius 1 is 1.26 bits per heavy atom. The van der Waals surface area contributed by atoms with Gasteiger partial charge in [0, 0.05) is 42.3 Å². The van der Waals surface area contributed by atoms with Crippen LogP contribution >= 0.6 is 0 Å². The molecular weight excluding hydrogens is 511 g/mol. The Hall–Kier alpha value is -3.63. The molecule has 1 aliphatic carbocycles. The van der Waals surface area contributed by atoms with Gasteiger partial charge in [-0.05, 0) is 69.9 Å². The number of nitrogens with one attached hydrogen (secondary N) is 3. The Morgan fingerprint density at radius 3 is 2.64 bits per heavy atom. The fourth-order valence-electron chi connectivity index (χ4n) is 5.75. The van der Waals surface area contributed by atoms with E-state index in [4.69, 9.17) is 10.1 Å². The van der Waals surface area contributed by atoms with E-state index in [-0.39, 0.29) is 35.7 Å². The first-order chi connectivity index (χ1) is 18.2. The summed E-state index contributed by atoms with van der Waals surface area (Å²) >= 11 is 0. The maximum Gasteiger partial charge on any atom is 0.416 e. The van der Waals surface area contributed by atoms with Crippen LogP contribution in [0.5, 0.6) is 5.75 Å². The molecule has 0 spiro atoms. The van der Waals surface area contributed by atoms with E-state index in [0.717, 1.165) is 12.1 Å². The third kappa shape index (κ3) is 5.44. The summed E-state index contributed by atoms with van der Waals surface area (Å²) < 4.78 is 46.2. The lowest BCUT2D eigenvalue weighted by molar-refractivity contribution is -0.137. The second-order valence-corrected chi connectivity index (χ2v) is 11.9. The molecule has 2 aliphatic heterocycles. The largest absolute Gasteiger partial charge is 0.487 e. The first-order valence-electron chi connectivity index (χ1n) is 12.9. The summed E-state index contributed by atoms with van der Waals surface area (Å²) in [4.78, 5) is 32.3. The average Bonchev–Trinajstić information content (AvgIpc) is 3.60. The Balaban J connectivity index is 1.40. The quantitative estimate of drug-likeness (QED) is 0.506. The van der Waals surface area contributed by atoms with E-state index in [1.54, 1.807) is 18.5 Å². The molecule has 2 fully saturated rings. The number of pyridine rings is 1. The second kappa shape index (κ2) is 9.24. The molecule has 11 heteroatoms. The van der Waals surface area contributed by atoms with Gasteiger partial charge in [0.15, 0.2) is 5.96 Å². The minimum atomic E-state index is -4.52. The van der Waals surface area contributed by atoms with Crippen molar-refractivity contribution in [1.29, 1.82) is 5.41 Å². The van der Waals surface area contributed by atoms with Gasteiger partial charge < -0.3 is 15.4 Å². The van der Waals surface area contributed by atoms with E-state index in [9.17, 15) is 22.8 Å². The number of carbonyl (C=O) groups is 2. The number of hydrogen-bond donors (Lipinski definition) is 3. The topological polar surface area (TPSA) is 107 Å². The number of rotatable bonds is 5. The number of carbonyl (C=O) groups excluding carboxylic acids is 2. The molecule has 1 saturated carbocycles. The highest BCUT2D eigenvalue weighted by molar-refractivity contribution is 5.99. The normalized spacial score (nSPS) is 26.1. The molecule has 3 N–H and O–H groups in total. The standard InChI is InChI=1S/C28H32F3N5O3/c1-26(2)13-22(37)36(25(32)35-26)23(15-6-5-9-33-14-15)17-11-18(17)24(38)34-20-12-27(3,4)39-21-8-7-16(10-19(20)21)28(29,30)31/h5-10,14,17-18,20,23H,11-13H2,1-4H3,(H2,32,35)(H,34,38)/t17?,18-,20?,23-/m1/s1. The number of alkyl halides is 3. The van der Waals surface area contributed by atoms with Crippen molar-refractivity contribution >= 4 is 17.8 Å². The maximum atomic E-state index is 13.5. The molecule has 208 valence electrons. The summed E-state index contributed by atoms with van der Waals surface area (Å²) in [5.74, 6) is -1.00. The van der Waals surface area contributed by atoms with Crippen LogP contribution in [0.15, 0.2) is 42.7 Å². The molecule has 1 aromatic carbocycles. The molecule has 2 unspecified atom stereocenters. The Morgan fingerprint density at radius 2 is 2.00 bits per heavy atom. The fourth-order valence-corrected chi connectivity index (χ4v) is 5.75. The number of benzene rings is 1. The number of guanidine groups is 1. The summed E-state index contributed by atoms with van der Waals surface area (Å²) in [5, 5.41) is 14.6. The molecule has 8 nitrogen and oxygen atoms in total. The van der Waals surface area contributed by atoms with Crippen LogP contribution in [-0.2, 0) is 15.8 Å². The van der Waals surface area contributed by atoms with Gasteiger partial charge in [-0.15, -0.1) is 0 Å². The minimum Gasteiger partial charge on any atom is -0.487 e. The Bertz CT molecular complexity index is 1290. The van der Waals surface area contributed by atoms with Crippen LogP contribution in [-0.4, -0.2) is 38.8 Å². The van der Waals surface area contributed by atoms with E-state index < -0.39 is 40.9 Å². The van der Waals surface area contributed by atoms with Crippen molar-refractivity contribution in [1.82, 2.24) is 20.5 Å². The highest BCUT2D eigenvalue weighted by atomic mass is 19.4. The van der Waals surface area contributed by atoms with E-state index >= 15 is 0 Å². The summed E-state index contributed by atoms with van der Waals surface area (Å²) in [6.45, 7) is 7.35. The molecule has 2 amide bonds. The summed E-state index contributed by atoms with van der Waals surface area (Å²) in [6.07, 6.45) is -0.330. The number of halogens is 3. The van der Waals surface area contributed by atoms with E-state index in [2.05, 4.69) is 15.6 Å². The van der Waals surface area contributed by atoms with Crippen molar-refractivity contribution in [2.75, 3.05) is 0 Å². The molecule has 1 aromatic heterocycles. The third-order valence-electron chi connectivity index (χ3n) is 7.56. The molecule has 0 radical (unpaired) electrons. The van der Waals surface area contributed by atoms with Crippen molar-refractivity contribution in [3.63, 3.8) is 0 Å². The molecule has 3 heterocycles. The minimum absolute atomic E-state index is 0.0315. The van der Waals surface area contributed by atoms with E-state index in [0.29, 0.717) is 24.2 Å². The van der Waals surface area contributed by atoms with Crippen LogP contribution in [0.2, 0.25) is 0 Å². The SMILES string of the molecule is CC1(C)CC(=O)N([C@H](c2cccnc2)C2C[C@H]2C(=O)NC2CC(C)(C)Oc3ccc(C(F)(F)F)cc32)C(=N)N1. The van der Waals surface area contributed by atoms with Crippen LogP contribution in [0, 0.1) is 17.2 Å². The van der Waals surface area contributed by atoms with Gasteiger partial charge in [-0.25, -0.2) is 0 Å². The van der Waals surface area contributed by atoms with Crippen LogP contribution in [0.25, 0.3) is 0 Å². The number of hydrogen-bond acceptors (Lipinski definition) is 5. The van der Waals surface area contributed by atoms with E-state index in [1.807, 2.05) is 33.8 Å². The molecule has 4 atom stereocenters. The lowest BCUT2D eigenvalue weighted by Crippen LogP contribution is -2.60. The zero-order chi connectivity index (χ0) is 28.3. The predicted octanol–water partition coefficient (Wildman–Crippen LogP) is 4.73. The van der Waals surface area contributed by atoms with Crippen LogP contribution in [0.3, 0.4) is 0 Å². The van der Waals surface area contributed by atoms with Crippen LogP contribution in [0.4, 0.5) is 13.2 Å². The first kappa shape index (κ1) is 27.0. The van der Waals surface area contributed by atoms with Crippen molar-refractivity contribution in [3.05, 3.63) is 59.4 Å². The van der Waals surface area contributed by atoms with Gasteiger partial charge >= 0.3 is 6.18 Å². The highest BCUT2D eigenvalue weighted by Gasteiger charge is 2.54. The molecule has 2 aromatic rings. The molecular formula is C28H32F3N5O3. The van der Waals surface area contributed by atoms with Crippen molar-refractivity contribution in [2.45, 2.75) is 76.4 Å². The fraction of sp³-hybridized carbons (Fsp3) is 0.500. The molecule has 39 heavy (non-hydrogen) atoms. The van der Waals surface area contributed by atoms with Crippen LogP contribution < -0.4 is 15.4 Å². The van der Waals surface area contributed by atoms with Crippen molar-refractivity contribution in [2.24, 2.45) is 11.8 Å². The Kier molecular flexibility index (Phi) is 6.38. The molecule has 1 saturated heterocycles. The van der Waals surface area contributed by atoms with Gasteiger partial charge in [-0.2, -0.15) is 13.2 Å². The molecule has 5 rings (SSSR count). The van der Waals surface area contributed by atoms with Gasteiger partial charge in [0.25, 0.3) is 0 Å². The Labute approximate surface area is 224 Å². The van der Waals surface area contributed by atoms with Gasteiger partial charge in [0.2, 0.25) is 11.8 Å². The zero-order valence-corrected chi connectivity index (χ0v) is 22.2. The third-order valence-corrected chi connectivity index (χ3v) is 7.56. The number of fused-ring (bicyclic) bond motifs is 1. The lowest BCUT2D eigenvalue weighted by atomic mass is 9.88. The van der Waals surface area contributed by atoms with Gasteiger partial charge in [0.1, 0.15) is 11.4 Å². The predicted molar refractivity (Wildman–Crippen MR) is 137 cm³/mol. The highest BCUT2D eigenvalue weighted by Crippen LogP contribution is 2.51. The van der Waals surface area contributed by atoms with E-state index in [1.165, 1.54) is 11.0 Å². The summed E-state index contributed by atoms with van der Waals surface area (Å²) in [6, 6.07) is 5.64. The number of ether oxygens (including phenoxy) is 1. The van der Waals surface area contributed by atoms with Gasteiger partial charge in [-0.3, -0.25) is 24.9 Å². The van der Waals surface area contributed by atoms with Crippen molar-refractivity contribution < 1.29 is 27.5 Å². The second-order valence-electron chi connectivity index (χ2n) is 11.9. The molecule has 0 bridgehead atoms. The number of nitrogens with zero attached hydrogens (tertiary/aromatic N) is 2. The smallest absolute Gasteiger partial charge is 0.416 e. The van der Waals surface area contributed by atoms with Crippen molar-refractivity contribution in [3.8, 4) is 5.75 Å². The maximum absolute atomic E-state index is 13.5. The number of aromatic nitrogens is 1. The monoisotopic (exact) mass is 543 g/mol. The van der Waals surface area contributed by atoms with Gasteiger partial charge in [0.05, 0.1) is 17.6 Å². The van der Waals surface area contributed by atoms with Crippen LogP contribution in [0.1, 0.15) is 75.7 Å².